The highest BCUT2D eigenvalue weighted by Crippen LogP contribution is 2.13. The predicted octanol–water partition coefficient (Wildman–Crippen LogP) is 2.43. The second-order valence-electron chi connectivity index (χ2n) is 4.84. The molecule has 0 aliphatic heterocycles. The normalized spacial score (nSPS) is 10.4. The van der Waals surface area contributed by atoms with Crippen molar-refractivity contribution in [2.45, 2.75) is 6.54 Å². The number of para-hydroxylation sites is 1. The molecule has 0 unspecified atom stereocenters. The summed E-state index contributed by atoms with van der Waals surface area (Å²) < 4.78 is 6.65. The topological polar surface area (TPSA) is 44.1 Å². The molecule has 4 heteroatoms. The Bertz CT molecular complexity index is 918. The van der Waals surface area contributed by atoms with E-state index in [9.17, 15) is 4.79 Å². The minimum Gasteiger partial charge on any atom is -0.497 e. The zero-order valence-corrected chi connectivity index (χ0v) is 12.1. The van der Waals surface area contributed by atoms with Gasteiger partial charge in [-0.05, 0) is 35.7 Å². The first-order valence-electron chi connectivity index (χ1n) is 6.82. The number of benzene rings is 2. The van der Waals surface area contributed by atoms with Crippen LogP contribution in [0.3, 0.4) is 0 Å². The third kappa shape index (κ3) is 2.45. The van der Waals surface area contributed by atoms with Gasteiger partial charge in [0, 0.05) is 0 Å². The van der Waals surface area contributed by atoms with Gasteiger partial charge in [0.2, 0.25) is 0 Å². The number of aromatic nitrogens is 2. The number of terminal acetylenes is 1. The molecule has 4 nitrogen and oxygen atoms in total. The van der Waals surface area contributed by atoms with Crippen molar-refractivity contribution in [2.24, 2.45) is 0 Å². The van der Waals surface area contributed by atoms with Crippen molar-refractivity contribution in [2.75, 3.05) is 7.11 Å². The molecule has 0 amide bonds. The quantitative estimate of drug-likeness (QED) is 0.696. The van der Waals surface area contributed by atoms with Crippen LogP contribution in [0.15, 0.2) is 53.3 Å². The van der Waals surface area contributed by atoms with Gasteiger partial charge in [0.05, 0.1) is 24.6 Å². The molecule has 0 saturated heterocycles. The smallest absolute Gasteiger partial charge is 0.262 e. The predicted molar refractivity (Wildman–Crippen MR) is 86.0 cm³/mol. The molecule has 3 rings (SSSR count). The number of hydrogen-bond acceptors (Lipinski definition) is 3. The summed E-state index contributed by atoms with van der Waals surface area (Å²) in [5.74, 6) is 3.60. The van der Waals surface area contributed by atoms with Gasteiger partial charge < -0.3 is 4.74 Å². The number of hydrogen-bond donors (Lipinski definition) is 0. The van der Waals surface area contributed by atoms with Crippen molar-refractivity contribution in [1.82, 2.24) is 9.55 Å². The van der Waals surface area contributed by atoms with Gasteiger partial charge in [0.25, 0.3) is 5.56 Å². The van der Waals surface area contributed by atoms with Gasteiger partial charge in [-0.15, -0.1) is 6.42 Å². The zero-order chi connectivity index (χ0) is 15.5. The lowest BCUT2D eigenvalue weighted by Gasteiger charge is -2.10. The molecule has 2 aromatic carbocycles. The van der Waals surface area contributed by atoms with Crippen LogP contribution in [0.25, 0.3) is 10.9 Å². The van der Waals surface area contributed by atoms with Crippen LogP contribution in [-0.2, 0) is 6.54 Å². The maximum Gasteiger partial charge on any atom is 0.262 e. The molecule has 1 aromatic heterocycles. The molecule has 0 aliphatic carbocycles. The van der Waals surface area contributed by atoms with Crippen LogP contribution in [-0.4, -0.2) is 16.7 Å². The molecular weight excluding hydrogens is 276 g/mol. The molecule has 108 valence electrons. The zero-order valence-electron chi connectivity index (χ0n) is 12.1. The molecule has 0 atom stereocenters. The van der Waals surface area contributed by atoms with E-state index in [4.69, 9.17) is 11.2 Å². The number of methoxy groups -OCH3 is 1. The molecule has 0 aliphatic rings. The number of rotatable bonds is 3. The van der Waals surface area contributed by atoms with Crippen molar-refractivity contribution in [3.05, 3.63) is 70.3 Å². The van der Waals surface area contributed by atoms with E-state index in [1.165, 1.54) is 4.57 Å². The third-order valence-electron chi connectivity index (χ3n) is 3.49. The summed E-state index contributed by atoms with van der Waals surface area (Å²) in [5.41, 5.74) is 1.44. The van der Waals surface area contributed by atoms with E-state index < -0.39 is 0 Å². The van der Waals surface area contributed by atoms with Gasteiger partial charge in [0.1, 0.15) is 5.75 Å². The molecule has 1 heterocycles. The second kappa shape index (κ2) is 5.74. The van der Waals surface area contributed by atoms with Gasteiger partial charge in [-0.3, -0.25) is 9.36 Å². The molecule has 22 heavy (non-hydrogen) atoms. The Labute approximate surface area is 128 Å². The summed E-state index contributed by atoms with van der Waals surface area (Å²) in [5, 5.41) is 0.565. The fourth-order valence-electron chi connectivity index (χ4n) is 2.34. The summed E-state index contributed by atoms with van der Waals surface area (Å²) in [7, 11) is 1.61. The van der Waals surface area contributed by atoms with Crippen LogP contribution < -0.4 is 10.3 Å². The summed E-state index contributed by atoms with van der Waals surface area (Å²) >= 11 is 0. The lowest BCUT2D eigenvalue weighted by molar-refractivity contribution is 0.414. The standard InChI is InChI=1S/C18H14N2O2/c1-3-17-19-16-7-5-4-6-15(16)18(21)20(17)12-13-8-10-14(22-2)11-9-13/h1,4-11H,12H2,2H3. The first-order chi connectivity index (χ1) is 10.7. The Hall–Kier alpha value is -3.06. The van der Waals surface area contributed by atoms with E-state index in [1.807, 2.05) is 36.4 Å². The highest BCUT2D eigenvalue weighted by Gasteiger charge is 2.09. The Morgan fingerprint density at radius 2 is 1.91 bits per heavy atom. The second-order valence-corrected chi connectivity index (χ2v) is 4.84. The Morgan fingerprint density at radius 1 is 1.18 bits per heavy atom. The lowest BCUT2D eigenvalue weighted by Crippen LogP contribution is -2.24. The van der Waals surface area contributed by atoms with Crippen molar-refractivity contribution in [3.8, 4) is 18.1 Å². The molecule has 0 bridgehead atoms. The molecule has 0 saturated carbocycles. The van der Waals surface area contributed by atoms with Crippen LogP contribution in [0.5, 0.6) is 5.75 Å². The fraction of sp³-hybridized carbons (Fsp3) is 0.111. The number of nitrogens with zero attached hydrogens (tertiary/aromatic N) is 2. The van der Waals surface area contributed by atoms with E-state index in [-0.39, 0.29) is 5.56 Å². The van der Waals surface area contributed by atoms with Crippen molar-refractivity contribution < 1.29 is 4.74 Å². The first kappa shape index (κ1) is 13.9. The Balaban J connectivity index is 2.11. The van der Waals surface area contributed by atoms with Crippen molar-refractivity contribution >= 4 is 10.9 Å². The average Bonchev–Trinajstić information content (AvgIpc) is 2.58. The lowest BCUT2D eigenvalue weighted by atomic mass is 10.2. The van der Waals surface area contributed by atoms with Gasteiger partial charge in [-0.1, -0.05) is 24.3 Å². The minimum absolute atomic E-state index is 0.130. The van der Waals surface area contributed by atoms with Crippen LogP contribution in [0.1, 0.15) is 11.4 Å². The minimum atomic E-state index is -0.130. The van der Waals surface area contributed by atoms with Crippen molar-refractivity contribution in [1.29, 1.82) is 0 Å². The molecule has 3 aromatic rings. The maximum absolute atomic E-state index is 12.6. The van der Waals surface area contributed by atoms with E-state index in [2.05, 4.69) is 10.9 Å². The molecule has 0 radical (unpaired) electrons. The molecule has 0 fully saturated rings. The van der Waals surface area contributed by atoms with E-state index in [0.29, 0.717) is 23.3 Å². The van der Waals surface area contributed by atoms with Gasteiger partial charge in [0.15, 0.2) is 5.82 Å². The maximum atomic E-state index is 12.6. The summed E-state index contributed by atoms with van der Waals surface area (Å²) in [4.78, 5) is 17.0. The summed E-state index contributed by atoms with van der Waals surface area (Å²) in [6.07, 6.45) is 5.52. The number of fused-ring (bicyclic) bond motifs is 1. The average molecular weight is 290 g/mol. The van der Waals surface area contributed by atoms with Gasteiger partial charge in [-0.25, -0.2) is 4.98 Å². The van der Waals surface area contributed by atoms with E-state index in [1.54, 1.807) is 19.2 Å². The van der Waals surface area contributed by atoms with E-state index >= 15 is 0 Å². The van der Waals surface area contributed by atoms with Crippen LogP contribution in [0.4, 0.5) is 0 Å². The summed E-state index contributed by atoms with van der Waals surface area (Å²) in [6, 6.07) is 14.7. The van der Waals surface area contributed by atoms with Gasteiger partial charge in [-0.2, -0.15) is 0 Å². The monoisotopic (exact) mass is 290 g/mol. The fourth-order valence-corrected chi connectivity index (χ4v) is 2.34. The van der Waals surface area contributed by atoms with Crippen LogP contribution in [0, 0.1) is 12.3 Å². The summed E-state index contributed by atoms with van der Waals surface area (Å²) in [6.45, 7) is 0.375. The Kier molecular flexibility index (Phi) is 3.63. The third-order valence-corrected chi connectivity index (χ3v) is 3.49. The van der Waals surface area contributed by atoms with Crippen molar-refractivity contribution in [3.63, 3.8) is 0 Å². The Morgan fingerprint density at radius 3 is 2.59 bits per heavy atom. The van der Waals surface area contributed by atoms with Crippen LogP contribution in [0.2, 0.25) is 0 Å². The highest BCUT2D eigenvalue weighted by atomic mass is 16.5. The number of ether oxygens (including phenoxy) is 1. The van der Waals surface area contributed by atoms with Crippen LogP contribution >= 0.6 is 0 Å². The highest BCUT2D eigenvalue weighted by molar-refractivity contribution is 5.77. The van der Waals surface area contributed by atoms with Gasteiger partial charge >= 0.3 is 0 Å². The largest absolute Gasteiger partial charge is 0.497 e. The molecule has 0 N–H and O–H groups in total. The first-order valence-corrected chi connectivity index (χ1v) is 6.82. The van der Waals surface area contributed by atoms with E-state index in [0.717, 1.165) is 11.3 Å². The SMILES string of the molecule is C#Cc1nc2ccccc2c(=O)n1Cc1ccc(OC)cc1. The molecular formula is C18H14N2O2. The molecule has 0 spiro atoms.